The summed E-state index contributed by atoms with van der Waals surface area (Å²) in [6.45, 7) is 4.84. The second-order valence-electron chi connectivity index (χ2n) is 5.32. The Labute approximate surface area is 96.9 Å². The standard InChI is InChI=1S/C13H21NS/c1-13(2)7-6-10(14-3)9-11(13)12-5-4-8-15-12/h4-5,8,10-11,14H,6-7,9H2,1-3H3. The van der Waals surface area contributed by atoms with Crippen molar-refractivity contribution >= 4 is 11.3 Å². The summed E-state index contributed by atoms with van der Waals surface area (Å²) in [6.07, 6.45) is 3.95. The van der Waals surface area contributed by atoms with Crippen molar-refractivity contribution in [2.75, 3.05) is 7.05 Å². The average molecular weight is 223 g/mol. The molecule has 2 heteroatoms. The van der Waals surface area contributed by atoms with Gasteiger partial charge in [0.2, 0.25) is 0 Å². The highest BCUT2D eigenvalue weighted by molar-refractivity contribution is 7.10. The van der Waals surface area contributed by atoms with Gasteiger partial charge in [-0.05, 0) is 49.1 Å². The molecule has 15 heavy (non-hydrogen) atoms. The maximum absolute atomic E-state index is 3.44. The molecule has 1 aromatic heterocycles. The zero-order chi connectivity index (χ0) is 10.9. The Morgan fingerprint density at radius 1 is 1.47 bits per heavy atom. The van der Waals surface area contributed by atoms with Crippen molar-refractivity contribution in [3.8, 4) is 0 Å². The number of hydrogen-bond acceptors (Lipinski definition) is 2. The van der Waals surface area contributed by atoms with Crippen LogP contribution in [0.25, 0.3) is 0 Å². The van der Waals surface area contributed by atoms with E-state index in [4.69, 9.17) is 0 Å². The number of rotatable bonds is 2. The maximum Gasteiger partial charge on any atom is 0.00821 e. The Kier molecular flexibility index (Phi) is 3.17. The molecule has 2 unspecified atom stereocenters. The zero-order valence-corrected chi connectivity index (χ0v) is 10.7. The number of hydrogen-bond donors (Lipinski definition) is 1. The molecule has 0 radical (unpaired) electrons. The first kappa shape index (κ1) is 11.2. The van der Waals surface area contributed by atoms with Gasteiger partial charge in [-0.2, -0.15) is 0 Å². The van der Waals surface area contributed by atoms with Crippen LogP contribution in [0, 0.1) is 5.41 Å². The number of nitrogens with one attached hydrogen (secondary N) is 1. The van der Waals surface area contributed by atoms with E-state index in [1.807, 2.05) is 11.3 Å². The van der Waals surface area contributed by atoms with Gasteiger partial charge in [0, 0.05) is 10.9 Å². The summed E-state index contributed by atoms with van der Waals surface area (Å²) in [5.41, 5.74) is 0.470. The van der Waals surface area contributed by atoms with Gasteiger partial charge in [0.15, 0.2) is 0 Å². The van der Waals surface area contributed by atoms with E-state index in [1.54, 1.807) is 4.88 Å². The predicted octanol–water partition coefficient (Wildman–Crippen LogP) is 3.63. The Morgan fingerprint density at radius 3 is 2.87 bits per heavy atom. The van der Waals surface area contributed by atoms with Gasteiger partial charge in [0.1, 0.15) is 0 Å². The van der Waals surface area contributed by atoms with E-state index < -0.39 is 0 Å². The second kappa shape index (κ2) is 4.26. The summed E-state index contributed by atoms with van der Waals surface area (Å²) in [4.78, 5) is 1.57. The molecule has 2 rings (SSSR count). The molecule has 2 atom stereocenters. The molecule has 1 fully saturated rings. The van der Waals surface area contributed by atoms with Crippen LogP contribution in [-0.4, -0.2) is 13.1 Å². The van der Waals surface area contributed by atoms with Gasteiger partial charge in [-0.15, -0.1) is 11.3 Å². The van der Waals surface area contributed by atoms with Gasteiger partial charge in [-0.25, -0.2) is 0 Å². The molecule has 1 aromatic rings. The minimum atomic E-state index is 0.470. The highest BCUT2D eigenvalue weighted by Gasteiger charge is 2.37. The van der Waals surface area contributed by atoms with Crippen molar-refractivity contribution in [3.05, 3.63) is 22.4 Å². The molecule has 0 bridgehead atoms. The molecular weight excluding hydrogens is 202 g/mol. The van der Waals surface area contributed by atoms with Gasteiger partial charge < -0.3 is 5.32 Å². The lowest BCUT2D eigenvalue weighted by atomic mass is 9.67. The topological polar surface area (TPSA) is 12.0 Å². The van der Waals surface area contributed by atoms with Crippen LogP contribution in [0.3, 0.4) is 0 Å². The lowest BCUT2D eigenvalue weighted by molar-refractivity contribution is 0.174. The second-order valence-corrected chi connectivity index (χ2v) is 6.30. The molecule has 0 saturated heterocycles. The number of thiophene rings is 1. The molecule has 0 aromatic carbocycles. The van der Waals surface area contributed by atoms with Gasteiger partial charge in [0.25, 0.3) is 0 Å². The van der Waals surface area contributed by atoms with Crippen LogP contribution in [0.15, 0.2) is 17.5 Å². The first-order chi connectivity index (χ1) is 7.13. The van der Waals surface area contributed by atoms with Crippen molar-refractivity contribution in [3.63, 3.8) is 0 Å². The average Bonchev–Trinajstić information content (AvgIpc) is 2.70. The van der Waals surface area contributed by atoms with Crippen molar-refractivity contribution in [2.45, 2.75) is 45.1 Å². The maximum atomic E-state index is 3.44. The largest absolute Gasteiger partial charge is 0.317 e. The highest BCUT2D eigenvalue weighted by atomic mass is 32.1. The molecule has 1 heterocycles. The van der Waals surface area contributed by atoms with E-state index in [0.717, 1.165) is 5.92 Å². The van der Waals surface area contributed by atoms with Crippen molar-refractivity contribution < 1.29 is 0 Å². The van der Waals surface area contributed by atoms with Gasteiger partial charge in [-0.1, -0.05) is 19.9 Å². The van der Waals surface area contributed by atoms with Crippen LogP contribution < -0.4 is 5.32 Å². The highest BCUT2D eigenvalue weighted by Crippen LogP contribution is 2.47. The molecule has 0 aliphatic heterocycles. The lowest BCUT2D eigenvalue weighted by Crippen LogP contribution is -2.38. The van der Waals surface area contributed by atoms with Crippen molar-refractivity contribution in [2.24, 2.45) is 5.41 Å². The van der Waals surface area contributed by atoms with Crippen LogP contribution in [-0.2, 0) is 0 Å². The quantitative estimate of drug-likeness (QED) is 0.807. The minimum absolute atomic E-state index is 0.470. The van der Waals surface area contributed by atoms with Crippen molar-refractivity contribution in [1.29, 1.82) is 0 Å². The molecule has 1 aliphatic rings. The fraction of sp³-hybridized carbons (Fsp3) is 0.692. The monoisotopic (exact) mass is 223 g/mol. The molecule has 1 aliphatic carbocycles. The summed E-state index contributed by atoms with van der Waals surface area (Å²) in [7, 11) is 2.09. The summed E-state index contributed by atoms with van der Waals surface area (Å²) >= 11 is 1.92. The lowest BCUT2D eigenvalue weighted by Gasteiger charge is -2.41. The summed E-state index contributed by atoms with van der Waals surface area (Å²) < 4.78 is 0. The summed E-state index contributed by atoms with van der Waals surface area (Å²) in [6, 6.07) is 5.19. The Balaban J connectivity index is 2.19. The molecule has 1 nitrogen and oxygen atoms in total. The normalized spacial score (nSPS) is 30.3. The molecule has 1 saturated carbocycles. The molecule has 0 spiro atoms. The van der Waals surface area contributed by atoms with E-state index in [9.17, 15) is 0 Å². The third-order valence-electron chi connectivity index (χ3n) is 3.90. The molecular formula is C13H21NS. The van der Waals surface area contributed by atoms with Crippen LogP contribution in [0.1, 0.15) is 43.9 Å². The Bertz CT molecular complexity index is 302. The van der Waals surface area contributed by atoms with Crippen LogP contribution in [0.2, 0.25) is 0 Å². The fourth-order valence-corrected chi connectivity index (χ4v) is 3.75. The van der Waals surface area contributed by atoms with Gasteiger partial charge in [-0.3, -0.25) is 0 Å². The third-order valence-corrected chi connectivity index (χ3v) is 4.88. The molecule has 1 N–H and O–H groups in total. The summed E-state index contributed by atoms with van der Waals surface area (Å²) in [5.74, 6) is 0.740. The van der Waals surface area contributed by atoms with Gasteiger partial charge >= 0.3 is 0 Å². The Hall–Kier alpha value is -0.340. The zero-order valence-electron chi connectivity index (χ0n) is 9.92. The van der Waals surface area contributed by atoms with Crippen LogP contribution in [0.5, 0.6) is 0 Å². The summed E-state index contributed by atoms with van der Waals surface area (Å²) in [5, 5.41) is 5.64. The van der Waals surface area contributed by atoms with Gasteiger partial charge in [0.05, 0.1) is 0 Å². The fourth-order valence-electron chi connectivity index (χ4n) is 2.69. The Morgan fingerprint density at radius 2 is 2.27 bits per heavy atom. The predicted molar refractivity (Wildman–Crippen MR) is 67.5 cm³/mol. The SMILES string of the molecule is CNC1CCC(C)(C)C(c2cccs2)C1. The smallest absolute Gasteiger partial charge is 0.00821 e. The van der Waals surface area contributed by atoms with E-state index in [2.05, 4.69) is 43.7 Å². The molecule has 84 valence electrons. The third kappa shape index (κ3) is 2.26. The van der Waals surface area contributed by atoms with E-state index in [0.29, 0.717) is 11.5 Å². The van der Waals surface area contributed by atoms with Crippen molar-refractivity contribution in [1.82, 2.24) is 5.32 Å². The van der Waals surface area contributed by atoms with E-state index >= 15 is 0 Å². The van der Waals surface area contributed by atoms with E-state index in [1.165, 1.54) is 19.3 Å². The minimum Gasteiger partial charge on any atom is -0.317 e. The molecule has 0 amide bonds. The van der Waals surface area contributed by atoms with Crippen LogP contribution in [0.4, 0.5) is 0 Å². The van der Waals surface area contributed by atoms with E-state index in [-0.39, 0.29) is 0 Å². The van der Waals surface area contributed by atoms with Crippen LogP contribution >= 0.6 is 11.3 Å². The first-order valence-corrected chi connectivity index (χ1v) is 6.72. The first-order valence-electron chi connectivity index (χ1n) is 5.84.